The second kappa shape index (κ2) is 25.4. The number of aryl methyl sites for hydroxylation is 1. The van der Waals surface area contributed by atoms with Crippen molar-refractivity contribution in [3.63, 3.8) is 0 Å². The molecule has 1 atom stereocenters. The number of carbonyl (C=O) groups is 2. The molecule has 3 aromatic carbocycles. The Labute approximate surface area is 389 Å². The summed E-state index contributed by atoms with van der Waals surface area (Å²) in [5.74, 6) is 0.761. The van der Waals surface area contributed by atoms with Gasteiger partial charge in [-0.25, -0.2) is 4.98 Å². The molecule has 1 aliphatic heterocycles. The van der Waals surface area contributed by atoms with E-state index in [-0.39, 0.29) is 48.8 Å². The number of benzene rings is 3. The maximum atomic E-state index is 13.5. The number of hydrogen-bond donors (Lipinski definition) is 5. The Morgan fingerprint density at radius 3 is 2.04 bits per heavy atom. The Balaban J connectivity index is 0.750. The van der Waals surface area contributed by atoms with E-state index in [1.165, 1.54) is 0 Å². The number of nitrogen functional groups attached to an aromatic ring is 2. The molecule has 7 N–H and O–H groups in total. The van der Waals surface area contributed by atoms with Crippen molar-refractivity contribution in [2.75, 3.05) is 105 Å². The van der Waals surface area contributed by atoms with Crippen molar-refractivity contribution in [1.82, 2.24) is 25.2 Å². The molecule has 19 nitrogen and oxygen atoms in total. The molecule has 19 heteroatoms. The highest BCUT2D eigenvalue weighted by atomic mass is 16.6. The molecule has 360 valence electrons. The lowest BCUT2D eigenvalue weighted by atomic mass is 9.95. The fourth-order valence-corrected chi connectivity index (χ4v) is 7.63. The van der Waals surface area contributed by atoms with Crippen LogP contribution in [0.2, 0.25) is 0 Å². The summed E-state index contributed by atoms with van der Waals surface area (Å²) < 4.78 is 46.5. The zero-order valence-electron chi connectivity index (χ0n) is 38.3. The summed E-state index contributed by atoms with van der Waals surface area (Å²) in [5.41, 5.74) is 15.6. The van der Waals surface area contributed by atoms with Crippen LogP contribution in [0.4, 0.5) is 11.8 Å². The van der Waals surface area contributed by atoms with E-state index in [1.807, 2.05) is 49.4 Å². The van der Waals surface area contributed by atoms with Gasteiger partial charge in [-0.1, -0.05) is 36.4 Å². The number of nitrogens with zero attached hydrogens (tertiary/aromatic N) is 3. The third kappa shape index (κ3) is 14.0. The van der Waals surface area contributed by atoms with Gasteiger partial charge in [0.2, 0.25) is 17.6 Å². The number of carbonyl (C=O) groups excluding carboxylic acids is 2. The second-order valence-electron chi connectivity index (χ2n) is 15.7. The van der Waals surface area contributed by atoms with E-state index in [4.69, 9.17) is 49.4 Å². The van der Waals surface area contributed by atoms with Crippen molar-refractivity contribution < 1.29 is 52.6 Å². The van der Waals surface area contributed by atoms with Gasteiger partial charge in [0.15, 0.2) is 11.5 Å². The van der Waals surface area contributed by atoms with Crippen LogP contribution in [0.1, 0.15) is 57.6 Å². The highest BCUT2D eigenvalue weighted by Gasteiger charge is 2.28. The number of ether oxygens (including phenoxy) is 8. The fourth-order valence-electron chi connectivity index (χ4n) is 7.63. The molecule has 2 aromatic heterocycles. The lowest BCUT2D eigenvalue weighted by Gasteiger charge is -2.26. The number of pyridine rings is 1. The Morgan fingerprint density at radius 1 is 0.791 bits per heavy atom. The van der Waals surface area contributed by atoms with Crippen LogP contribution in [0.15, 0.2) is 65.6 Å². The molecule has 0 fully saturated rings. The topological polar surface area (TPSA) is 252 Å². The molecule has 5 aromatic rings. The summed E-state index contributed by atoms with van der Waals surface area (Å²) in [6.07, 6.45) is 3.76. The van der Waals surface area contributed by atoms with Crippen molar-refractivity contribution >= 4 is 34.5 Å². The molecular formula is C48H61N7O12. The number of aromatic nitrogens is 3. The van der Waals surface area contributed by atoms with Crippen LogP contribution >= 0.6 is 0 Å². The minimum Gasteiger partial charge on any atom is -0.506 e. The summed E-state index contributed by atoms with van der Waals surface area (Å²) in [6.45, 7) is 6.51. The van der Waals surface area contributed by atoms with Crippen LogP contribution in [0.25, 0.3) is 10.9 Å². The third-order valence-corrected chi connectivity index (χ3v) is 11.0. The minimum atomic E-state index is -0.654. The zero-order chi connectivity index (χ0) is 47.5. The first kappa shape index (κ1) is 49.9. The van der Waals surface area contributed by atoms with Gasteiger partial charge in [0.05, 0.1) is 92.2 Å². The number of hydrogen-bond acceptors (Lipinski definition) is 16. The number of anilines is 2. The second-order valence-corrected chi connectivity index (χ2v) is 15.7. The number of para-hydroxylation sites is 1. The minimum absolute atomic E-state index is 0.1000. The average Bonchev–Trinajstić information content (AvgIpc) is 3.32. The molecule has 1 aliphatic rings. The van der Waals surface area contributed by atoms with E-state index >= 15 is 0 Å². The largest absolute Gasteiger partial charge is 0.506 e. The first-order valence-corrected chi connectivity index (χ1v) is 22.2. The van der Waals surface area contributed by atoms with Crippen LogP contribution in [0.5, 0.6) is 23.0 Å². The molecule has 0 saturated heterocycles. The predicted octanol–water partition coefficient (Wildman–Crippen LogP) is 3.53. The van der Waals surface area contributed by atoms with Gasteiger partial charge in [-0.05, 0) is 60.2 Å². The molecule has 2 amide bonds. The van der Waals surface area contributed by atoms with Crippen molar-refractivity contribution in [3.8, 4) is 23.0 Å². The highest BCUT2D eigenvalue weighted by molar-refractivity contribution is 6.03. The van der Waals surface area contributed by atoms with Crippen molar-refractivity contribution in [2.24, 2.45) is 0 Å². The lowest BCUT2D eigenvalue weighted by molar-refractivity contribution is -0.120. The summed E-state index contributed by atoms with van der Waals surface area (Å²) in [7, 11) is 3.11. The summed E-state index contributed by atoms with van der Waals surface area (Å²) >= 11 is 0. The number of amides is 2. The molecular weight excluding hydrogens is 867 g/mol. The zero-order valence-corrected chi connectivity index (χ0v) is 38.3. The van der Waals surface area contributed by atoms with Crippen LogP contribution in [0, 0.1) is 0 Å². The third-order valence-electron chi connectivity index (χ3n) is 11.0. The van der Waals surface area contributed by atoms with Crippen LogP contribution < -0.4 is 41.9 Å². The number of rotatable bonds is 28. The van der Waals surface area contributed by atoms with E-state index in [1.54, 1.807) is 37.1 Å². The Bertz CT molecular complexity index is 2480. The SMILES string of the molecule is COc1cc(Cc2cnc(N)nc2N)cc(OC)c1OCCOCCOCCOCCOCCOCCNC(=O)Cc1cccc(CNC(=O)c2c(O)c3cccc4c3n(c2=O)C(C)CC4)c1. The summed E-state index contributed by atoms with van der Waals surface area (Å²) in [6, 6.07) is 16.4. The molecule has 0 radical (unpaired) electrons. The number of nitrogens with two attached hydrogens (primary N) is 2. The van der Waals surface area contributed by atoms with Crippen LogP contribution in [-0.4, -0.2) is 125 Å². The fraction of sp³-hybridized carbons (Fsp3) is 0.438. The number of nitrogens with one attached hydrogen (secondary N) is 2. The summed E-state index contributed by atoms with van der Waals surface area (Å²) in [4.78, 5) is 47.4. The number of methoxy groups -OCH3 is 2. The standard InChI is InChI=1S/C48H61N7O12/c1-31-10-11-35-8-5-9-37-42(35)55(31)47(59)41(43(37)57)46(58)52-29-33-7-4-6-32(24-33)28-40(56)51-12-13-62-14-15-63-16-17-64-18-19-65-20-21-66-22-23-67-44-38(60-2)26-34(27-39(44)61-3)25-36-30-53-48(50)54-45(36)49/h4-9,24,26-27,30-31,57H,10-23,25,28-29H2,1-3H3,(H,51,56)(H,52,58)(H4,49,50,53,54). The van der Waals surface area contributed by atoms with Crippen molar-refractivity contribution in [2.45, 2.75) is 45.2 Å². The quantitative estimate of drug-likeness (QED) is 0.0450. The number of aromatic hydroxyl groups is 1. The Hall–Kier alpha value is -6.51. The first-order valence-electron chi connectivity index (χ1n) is 22.2. The van der Waals surface area contributed by atoms with Gasteiger partial charge in [-0.15, -0.1) is 0 Å². The van der Waals surface area contributed by atoms with E-state index in [0.29, 0.717) is 113 Å². The normalized spacial score (nSPS) is 13.1. The first-order chi connectivity index (χ1) is 32.6. The van der Waals surface area contributed by atoms with Gasteiger partial charge in [-0.3, -0.25) is 14.4 Å². The van der Waals surface area contributed by atoms with Gasteiger partial charge in [-0.2, -0.15) is 4.98 Å². The molecule has 6 rings (SSSR count). The molecule has 0 bridgehead atoms. The Morgan fingerprint density at radius 2 is 1.40 bits per heavy atom. The lowest BCUT2D eigenvalue weighted by Crippen LogP contribution is -2.35. The maximum absolute atomic E-state index is 13.5. The van der Waals surface area contributed by atoms with Crippen molar-refractivity contribution in [3.05, 3.63) is 105 Å². The monoisotopic (exact) mass is 927 g/mol. The molecule has 0 aliphatic carbocycles. The summed E-state index contributed by atoms with van der Waals surface area (Å²) in [5, 5.41) is 17.1. The van der Waals surface area contributed by atoms with Gasteiger partial charge in [0, 0.05) is 42.7 Å². The van der Waals surface area contributed by atoms with Crippen molar-refractivity contribution in [1.29, 1.82) is 0 Å². The van der Waals surface area contributed by atoms with Crippen LogP contribution in [-0.2, 0) is 54.3 Å². The van der Waals surface area contributed by atoms with Crippen LogP contribution in [0.3, 0.4) is 0 Å². The molecule has 3 heterocycles. The average molecular weight is 928 g/mol. The van der Waals surface area contributed by atoms with Gasteiger partial charge in [0.25, 0.3) is 11.5 Å². The van der Waals surface area contributed by atoms with Gasteiger partial charge < -0.3 is 69.7 Å². The maximum Gasteiger partial charge on any atom is 0.267 e. The highest BCUT2D eigenvalue weighted by Crippen LogP contribution is 2.39. The van der Waals surface area contributed by atoms with Gasteiger partial charge >= 0.3 is 0 Å². The van der Waals surface area contributed by atoms with E-state index in [2.05, 4.69) is 20.6 Å². The molecule has 0 spiro atoms. The molecule has 67 heavy (non-hydrogen) atoms. The Kier molecular flexibility index (Phi) is 18.9. The molecule has 1 unspecified atom stereocenters. The van der Waals surface area contributed by atoms with E-state index < -0.39 is 11.5 Å². The molecule has 0 saturated carbocycles. The predicted molar refractivity (Wildman–Crippen MR) is 250 cm³/mol. The smallest absolute Gasteiger partial charge is 0.267 e. The van der Waals surface area contributed by atoms with Gasteiger partial charge in [0.1, 0.15) is 23.7 Å². The van der Waals surface area contributed by atoms with E-state index in [9.17, 15) is 19.5 Å². The van der Waals surface area contributed by atoms with E-state index in [0.717, 1.165) is 40.7 Å².